The van der Waals surface area contributed by atoms with Crippen LogP contribution in [-0.2, 0) is 4.79 Å². The highest BCUT2D eigenvalue weighted by molar-refractivity contribution is 6.17. The summed E-state index contributed by atoms with van der Waals surface area (Å²) in [5, 5.41) is 30.9. The number of phenols is 3. The number of esters is 3. The molecule has 7 atom stereocenters. The van der Waals surface area contributed by atoms with Crippen molar-refractivity contribution in [2.45, 2.75) is 157 Å². The first kappa shape index (κ1) is 83.2. The van der Waals surface area contributed by atoms with Gasteiger partial charge in [-0.1, -0.05) is 289 Å². The highest BCUT2D eigenvalue weighted by Gasteiger charge is 2.32. The number of fused-ring (bicyclic) bond motifs is 2. The van der Waals surface area contributed by atoms with Crippen LogP contribution in [0.3, 0.4) is 0 Å². The highest BCUT2D eigenvalue weighted by atomic mass is 16.5. The van der Waals surface area contributed by atoms with Crippen molar-refractivity contribution >= 4 is 39.5 Å². The maximum atomic E-state index is 13.1. The Morgan fingerprint density at radius 3 is 1.02 bits per heavy atom. The van der Waals surface area contributed by atoms with E-state index in [9.17, 15) is 14.4 Å². The highest BCUT2D eigenvalue weighted by Crippen LogP contribution is 2.42. The molecule has 0 saturated carbocycles. The lowest BCUT2D eigenvalue weighted by Gasteiger charge is -2.30. The van der Waals surface area contributed by atoms with E-state index in [1.807, 2.05) is 224 Å². The Bertz CT molecular complexity index is 4830. The number of ether oxygens (including phenoxy) is 3. The van der Waals surface area contributed by atoms with Gasteiger partial charge in [-0.2, -0.15) is 0 Å². The van der Waals surface area contributed by atoms with E-state index in [1.165, 1.54) is 44.5 Å². The molecule has 570 valence electrons. The predicted molar refractivity (Wildman–Crippen MR) is 459 cm³/mol. The van der Waals surface area contributed by atoms with Crippen LogP contribution in [0.5, 0.6) is 34.5 Å². The van der Waals surface area contributed by atoms with Gasteiger partial charge in [-0.3, -0.25) is 0 Å². The molecule has 111 heavy (non-hydrogen) atoms. The monoisotopic (exact) mass is 1480 g/mol. The summed E-state index contributed by atoms with van der Waals surface area (Å²) in [6.45, 7) is 26.1. The maximum absolute atomic E-state index is 13.1. The van der Waals surface area contributed by atoms with E-state index in [1.54, 1.807) is 48.5 Å². The summed E-state index contributed by atoms with van der Waals surface area (Å²) >= 11 is 0. The zero-order valence-corrected chi connectivity index (χ0v) is 66.4. The van der Waals surface area contributed by atoms with Crippen LogP contribution in [0.1, 0.15) is 211 Å². The Morgan fingerprint density at radius 1 is 0.324 bits per heavy atom. The maximum Gasteiger partial charge on any atom is 0.344 e. The third-order valence-corrected chi connectivity index (χ3v) is 21.3. The van der Waals surface area contributed by atoms with Crippen LogP contribution in [0, 0.1) is 5.92 Å². The minimum Gasteiger partial charge on any atom is -0.508 e. The van der Waals surface area contributed by atoms with Crippen LogP contribution in [0.2, 0.25) is 0 Å². The summed E-state index contributed by atoms with van der Waals surface area (Å²) in [5.41, 5.74) is 15.1. The average Bonchev–Trinajstić information content (AvgIpc) is 0.771. The van der Waals surface area contributed by atoms with Crippen molar-refractivity contribution in [3.8, 4) is 45.6 Å². The first-order valence-corrected chi connectivity index (χ1v) is 39.3. The molecule has 3 N–H and O–H groups in total. The van der Waals surface area contributed by atoms with E-state index < -0.39 is 0 Å². The summed E-state index contributed by atoms with van der Waals surface area (Å²) in [7, 11) is 0. The number of carbonyl (C=O) groups excluding carboxylic acids is 3. The second-order valence-corrected chi connectivity index (χ2v) is 28.8. The van der Waals surface area contributed by atoms with Crippen molar-refractivity contribution in [2.24, 2.45) is 5.92 Å². The molecule has 0 saturated heterocycles. The van der Waals surface area contributed by atoms with Crippen molar-refractivity contribution in [3.05, 3.63) is 370 Å². The van der Waals surface area contributed by atoms with Gasteiger partial charge in [-0.05, 0) is 254 Å². The van der Waals surface area contributed by atoms with E-state index in [0.29, 0.717) is 86.7 Å². The lowest BCUT2D eigenvalue weighted by Crippen LogP contribution is -2.23. The number of hydrogen-bond acceptors (Lipinski definition) is 9. The number of hydrogen-bond donors (Lipinski definition) is 3. The molecule has 7 unspecified atom stereocenters. The Hall–Kier alpha value is -11.8. The zero-order valence-electron chi connectivity index (χ0n) is 66.4. The fourth-order valence-electron chi connectivity index (χ4n) is 12.9. The van der Waals surface area contributed by atoms with Crippen molar-refractivity contribution in [3.63, 3.8) is 0 Å². The molecule has 11 aromatic rings. The van der Waals surface area contributed by atoms with E-state index >= 15 is 0 Å². The summed E-state index contributed by atoms with van der Waals surface area (Å²) in [6, 6.07) is 81.3. The van der Waals surface area contributed by atoms with Gasteiger partial charge in [-0.15, -0.1) is 0 Å². The van der Waals surface area contributed by atoms with Gasteiger partial charge in [0.2, 0.25) is 0 Å². The fraction of sp³-hybridized carbons (Fsp3) is 0.245. The summed E-state index contributed by atoms with van der Waals surface area (Å²) in [4.78, 5) is 38.2. The van der Waals surface area contributed by atoms with Gasteiger partial charge < -0.3 is 29.5 Å². The van der Waals surface area contributed by atoms with Gasteiger partial charge in [0.25, 0.3) is 0 Å². The number of rotatable bonds is 19. The van der Waals surface area contributed by atoms with Gasteiger partial charge >= 0.3 is 17.9 Å². The second-order valence-electron chi connectivity index (χ2n) is 28.8. The number of phenolic OH excluding ortho intramolecular Hbond substituents is 3. The molecule has 0 heterocycles. The molecule has 0 fully saturated rings. The molecule has 0 aromatic heterocycles. The second kappa shape index (κ2) is 41.7. The molecule has 0 spiro atoms. The molecule has 11 aromatic carbocycles. The van der Waals surface area contributed by atoms with Gasteiger partial charge in [0.05, 0.1) is 16.7 Å². The SMILES string of the molecule is CCC(C)c1ccc(O)cc1.CCC(C)c1ccc(O)cc1.CCC(C)c1ccc(O)cc1.CCC(C)c1ccc(OC(=O)C2=CC=C3C=CC=C4C=CC=C2C43)cc1.CCC(C)c1ccc(OC(=O)c2c3ccccc3cc3ccccc23)cc1.CCC(C)c1ccc(OC(=O)c2ccc(-c3ccccc3)cc2)cc1. The minimum atomic E-state index is -0.337. The predicted octanol–water partition coefficient (Wildman–Crippen LogP) is 27.1. The van der Waals surface area contributed by atoms with E-state index in [4.69, 9.17) is 29.5 Å². The molecule has 0 radical (unpaired) electrons. The van der Waals surface area contributed by atoms with Crippen molar-refractivity contribution in [1.82, 2.24) is 0 Å². The molecule has 9 nitrogen and oxygen atoms in total. The largest absolute Gasteiger partial charge is 0.508 e. The van der Waals surface area contributed by atoms with Crippen LogP contribution in [0.25, 0.3) is 32.7 Å². The fourth-order valence-corrected chi connectivity index (χ4v) is 12.9. The molecule has 0 aliphatic heterocycles. The van der Waals surface area contributed by atoms with Crippen molar-refractivity contribution < 1.29 is 43.9 Å². The Morgan fingerprint density at radius 2 is 0.640 bits per heavy atom. The van der Waals surface area contributed by atoms with E-state index in [0.717, 1.165) is 76.8 Å². The summed E-state index contributed by atoms with van der Waals surface area (Å²) in [6.07, 6.45) is 23.0. The number of aromatic hydroxyl groups is 3. The Kier molecular flexibility index (Phi) is 31.2. The smallest absolute Gasteiger partial charge is 0.344 e. The molecule has 0 amide bonds. The van der Waals surface area contributed by atoms with Gasteiger partial charge in [0, 0.05) is 5.92 Å². The first-order chi connectivity index (χ1) is 53.7. The molecular weight excluding hydrogens is 1370 g/mol. The lowest BCUT2D eigenvalue weighted by molar-refractivity contribution is -0.129. The number of benzene rings is 11. The molecule has 9 heteroatoms. The average molecular weight is 1480 g/mol. The van der Waals surface area contributed by atoms with Crippen LogP contribution in [0.15, 0.2) is 326 Å². The topological polar surface area (TPSA) is 140 Å². The first-order valence-electron chi connectivity index (χ1n) is 39.3. The standard InChI is InChI=1S/C25H22O2.C24H22O2.C23H22O2.3C10H14O/c1-3-17(2)18-12-14-21(15-13-18)27-25(26)24-22-10-6-4-8-19(22)16-20-9-5-7-11-23(20)24;1-3-16(2)17-10-13-20(14-11-17)26-24(25)22-15-12-19-7-4-6-18-8-5-9-21(22)23(18)19;1-3-17(2)18-13-15-22(16-14-18)25-23(24)21-11-9-20(10-12-21)19-7-5-4-6-8-19;3*1-3-8(2)9-4-6-10(11)7-5-9/h4-17H,3H2,1-2H3;4-16,23H,3H2,1-2H3;4-17H,3H2,1-2H3;3*4-8,11H,3H2,1-2H3. The van der Waals surface area contributed by atoms with Crippen LogP contribution < -0.4 is 14.2 Å². The van der Waals surface area contributed by atoms with Crippen LogP contribution in [0.4, 0.5) is 0 Å². The Labute approximate surface area is 658 Å². The quantitative estimate of drug-likeness (QED) is 0.0410. The molecule has 3 aliphatic rings. The molecule has 0 bridgehead atoms. The minimum absolute atomic E-state index is 0.144. The Balaban J connectivity index is 0.000000160. The van der Waals surface area contributed by atoms with Gasteiger partial charge in [-0.25, -0.2) is 14.4 Å². The van der Waals surface area contributed by atoms with Crippen molar-refractivity contribution in [1.29, 1.82) is 0 Å². The molecule has 3 aliphatic carbocycles. The molecule has 14 rings (SSSR count). The van der Waals surface area contributed by atoms with E-state index in [2.05, 4.69) is 113 Å². The van der Waals surface area contributed by atoms with E-state index in [-0.39, 0.29) is 23.8 Å². The number of allylic oxidation sites excluding steroid dienone is 10. The molecular formula is C102H108O9. The van der Waals surface area contributed by atoms with Crippen LogP contribution >= 0.6 is 0 Å². The lowest BCUT2D eigenvalue weighted by atomic mass is 9.73. The number of carbonyl (C=O) groups is 3. The van der Waals surface area contributed by atoms with Crippen molar-refractivity contribution in [2.75, 3.05) is 0 Å². The summed E-state index contributed by atoms with van der Waals surface area (Å²) < 4.78 is 16.9. The van der Waals surface area contributed by atoms with Gasteiger partial charge in [0.1, 0.15) is 34.5 Å². The summed E-state index contributed by atoms with van der Waals surface area (Å²) in [5.74, 6) is 5.25. The van der Waals surface area contributed by atoms with Crippen LogP contribution in [-0.4, -0.2) is 33.2 Å². The third-order valence-electron chi connectivity index (χ3n) is 21.3. The normalized spacial score (nSPS) is 14.4. The van der Waals surface area contributed by atoms with Gasteiger partial charge in [0.15, 0.2) is 0 Å². The zero-order chi connectivity index (χ0) is 79.3. The third kappa shape index (κ3) is 23.4.